The SMILES string of the molecule is Cc1cc(OCc2occc2CNC(C)C)n[nH]1. The smallest absolute Gasteiger partial charge is 0.233 e. The molecule has 0 saturated carbocycles. The van der Waals surface area contributed by atoms with Crippen LogP contribution in [0.4, 0.5) is 0 Å². The number of nitrogens with zero attached hydrogens (tertiary/aromatic N) is 1. The molecule has 0 aliphatic rings. The molecule has 0 amide bonds. The molecular weight excluding hydrogens is 230 g/mol. The van der Waals surface area contributed by atoms with Gasteiger partial charge < -0.3 is 14.5 Å². The van der Waals surface area contributed by atoms with Crippen LogP contribution >= 0.6 is 0 Å². The van der Waals surface area contributed by atoms with Gasteiger partial charge in [-0.1, -0.05) is 13.8 Å². The largest absolute Gasteiger partial charge is 0.468 e. The minimum absolute atomic E-state index is 0.395. The first-order chi connectivity index (χ1) is 8.65. The number of nitrogens with one attached hydrogen (secondary N) is 2. The number of hydrogen-bond acceptors (Lipinski definition) is 4. The Morgan fingerprint density at radius 1 is 1.50 bits per heavy atom. The summed E-state index contributed by atoms with van der Waals surface area (Å²) in [6.07, 6.45) is 1.69. The molecule has 0 aromatic carbocycles. The van der Waals surface area contributed by atoms with Gasteiger partial charge in [0.25, 0.3) is 0 Å². The summed E-state index contributed by atoms with van der Waals surface area (Å²) in [4.78, 5) is 0. The molecule has 0 fully saturated rings. The lowest BCUT2D eigenvalue weighted by Gasteiger charge is -2.08. The minimum Gasteiger partial charge on any atom is -0.468 e. The predicted molar refractivity (Wildman–Crippen MR) is 68.3 cm³/mol. The van der Waals surface area contributed by atoms with Crippen molar-refractivity contribution in [1.82, 2.24) is 15.5 Å². The van der Waals surface area contributed by atoms with Crippen LogP contribution in [0, 0.1) is 6.92 Å². The molecule has 2 N–H and O–H groups in total. The fraction of sp³-hybridized carbons (Fsp3) is 0.462. The maximum absolute atomic E-state index is 5.55. The van der Waals surface area contributed by atoms with Crippen molar-refractivity contribution in [3.05, 3.63) is 35.4 Å². The van der Waals surface area contributed by atoms with Gasteiger partial charge in [-0.25, -0.2) is 0 Å². The molecule has 98 valence electrons. The summed E-state index contributed by atoms with van der Waals surface area (Å²) in [7, 11) is 0. The lowest BCUT2D eigenvalue weighted by atomic mass is 10.2. The highest BCUT2D eigenvalue weighted by molar-refractivity contribution is 5.18. The molecular formula is C13H19N3O2. The zero-order valence-electron chi connectivity index (χ0n) is 11.0. The van der Waals surface area contributed by atoms with Crippen molar-refractivity contribution >= 4 is 0 Å². The second kappa shape index (κ2) is 5.73. The Labute approximate surface area is 107 Å². The average molecular weight is 249 g/mol. The Morgan fingerprint density at radius 2 is 2.33 bits per heavy atom. The highest BCUT2D eigenvalue weighted by Gasteiger charge is 2.08. The number of aromatic nitrogens is 2. The predicted octanol–water partition coefficient (Wildman–Crippen LogP) is 2.39. The zero-order chi connectivity index (χ0) is 13.0. The van der Waals surface area contributed by atoms with Gasteiger partial charge in [0.1, 0.15) is 12.4 Å². The normalized spacial score (nSPS) is 11.1. The Morgan fingerprint density at radius 3 is 3.00 bits per heavy atom. The zero-order valence-corrected chi connectivity index (χ0v) is 11.0. The van der Waals surface area contributed by atoms with E-state index in [1.165, 1.54) is 0 Å². The van der Waals surface area contributed by atoms with Crippen LogP contribution in [-0.2, 0) is 13.2 Å². The van der Waals surface area contributed by atoms with E-state index in [0.29, 0.717) is 18.5 Å². The molecule has 0 unspecified atom stereocenters. The number of ether oxygens (including phenoxy) is 1. The minimum atomic E-state index is 0.395. The lowest BCUT2D eigenvalue weighted by Crippen LogP contribution is -2.22. The monoisotopic (exact) mass is 249 g/mol. The molecule has 0 radical (unpaired) electrons. The molecule has 2 rings (SSSR count). The quantitative estimate of drug-likeness (QED) is 0.825. The van der Waals surface area contributed by atoms with Crippen LogP contribution in [0.1, 0.15) is 30.9 Å². The number of hydrogen-bond donors (Lipinski definition) is 2. The van der Waals surface area contributed by atoms with E-state index < -0.39 is 0 Å². The lowest BCUT2D eigenvalue weighted by molar-refractivity contribution is 0.258. The van der Waals surface area contributed by atoms with Gasteiger partial charge in [-0.2, -0.15) is 0 Å². The van der Waals surface area contributed by atoms with Crippen LogP contribution in [0.15, 0.2) is 22.8 Å². The second-order valence-corrected chi connectivity index (χ2v) is 4.58. The summed E-state index contributed by atoms with van der Waals surface area (Å²) >= 11 is 0. The van der Waals surface area contributed by atoms with Crippen molar-refractivity contribution in [2.75, 3.05) is 0 Å². The molecule has 18 heavy (non-hydrogen) atoms. The molecule has 2 aromatic heterocycles. The van der Waals surface area contributed by atoms with Crippen molar-refractivity contribution in [3.8, 4) is 5.88 Å². The van der Waals surface area contributed by atoms with Crippen LogP contribution in [0.25, 0.3) is 0 Å². The third kappa shape index (κ3) is 3.37. The molecule has 5 heteroatoms. The number of H-pyrrole nitrogens is 1. The molecule has 0 saturated heterocycles. The van der Waals surface area contributed by atoms with Crippen molar-refractivity contribution < 1.29 is 9.15 Å². The van der Waals surface area contributed by atoms with Crippen LogP contribution in [0.5, 0.6) is 5.88 Å². The molecule has 0 aliphatic heterocycles. The Hall–Kier alpha value is -1.75. The number of aromatic amines is 1. The Balaban J connectivity index is 1.91. The summed E-state index contributed by atoms with van der Waals surface area (Å²) in [5, 5.41) is 10.2. The van der Waals surface area contributed by atoms with E-state index in [1.54, 1.807) is 6.26 Å². The summed E-state index contributed by atoms with van der Waals surface area (Å²) in [5.41, 5.74) is 2.10. The van der Waals surface area contributed by atoms with E-state index in [4.69, 9.17) is 9.15 Å². The molecule has 0 atom stereocenters. The number of rotatable bonds is 6. The fourth-order valence-electron chi connectivity index (χ4n) is 1.57. The van der Waals surface area contributed by atoms with Gasteiger partial charge in [-0.15, -0.1) is 5.10 Å². The highest BCUT2D eigenvalue weighted by atomic mass is 16.5. The van der Waals surface area contributed by atoms with E-state index >= 15 is 0 Å². The van der Waals surface area contributed by atoms with E-state index in [-0.39, 0.29) is 0 Å². The van der Waals surface area contributed by atoms with Gasteiger partial charge in [0, 0.05) is 29.9 Å². The van der Waals surface area contributed by atoms with Gasteiger partial charge in [-0.05, 0) is 13.0 Å². The highest BCUT2D eigenvalue weighted by Crippen LogP contribution is 2.15. The van der Waals surface area contributed by atoms with Crippen LogP contribution in [0.3, 0.4) is 0 Å². The van der Waals surface area contributed by atoms with E-state index in [0.717, 1.165) is 23.6 Å². The average Bonchev–Trinajstić information content (AvgIpc) is 2.92. The maximum atomic E-state index is 5.55. The molecule has 0 bridgehead atoms. The van der Waals surface area contributed by atoms with Gasteiger partial charge in [0.15, 0.2) is 0 Å². The fourth-order valence-corrected chi connectivity index (χ4v) is 1.57. The standard InChI is InChI=1S/C13H19N3O2/c1-9(2)14-7-11-4-5-17-12(11)8-18-13-6-10(3)15-16-13/h4-6,9,14H,7-8H2,1-3H3,(H,15,16). The number of aryl methyl sites for hydroxylation is 1. The summed E-state index contributed by atoms with van der Waals surface area (Å²) in [6.45, 7) is 7.34. The topological polar surface area (TPSA) is 63.1 Å². The van der Waals surface area contributed by atoms with Crippen molar-refractivity contribution in [1.29, 1.82) is 0 Å². The summed E-state index contributed by atoms with van der Waals surface area (Å²) in [5.74, 6) is 1.43. The van der Waals surface area contributed by atoms with E-state index in [1.807, 2.05) is 19.1 Å². The van der Waals surface area contributed by atoms with Crippen molar-refractivity contribution in [2.45, 2.75) is 40.0 Å². The Kier molecular flexibility index (Phi) is 4.04. The summed E-state index contributed by atoms with van der Waals surface area (Å²) < 4.78 is 11.0. The second-order valence-electron chi connectivity index (χ2n) is 4.58. The molecule has 5 nitrogen and oxygen atoms in total. The van der Waals surface area contributed by atoms with Gasteiger partial charge in [0.05, 0.1) is 6.26 Å². The molecule has 2 aromatic rings. The van der Waals surface area contributed by atoms with Crippen LogP contribution in [-0.4, -0.2) is 16.2 Å². The Bertz CT molecular complexity index is 488. The molecule has 0 spiro atoms. The first kappa shape index (κ1) is 12.7. The van der Waals surface area contributed by atoms with Gasteiger partial charge in [0.2, 0.25) is 5.88 Å². The van der Waals surface area contributed by atoms with E-state index in [9.17, 15) is 0 Å². The number of furan rings is 1. The van der Waals surface area contributed by atoms with Crippen LogP contribution < -0.4 is 10.1 Å². The first-order valence-electron chi connectivity index (χ1n) is 6.08. The molecule has 0 aliphatic carbocycles. The third-order valence-corrected chi connectivity index (χ3v) is 2.57. The van der Waals surface area contributed by atoms with Crippen molar-refractivity contribution in [3.63, 3.8) is 0 Å². The maximum Gasteiger partial charge on any atom is 0.233 e. The van der Waals surface area contributed by atoms with Crippen molar-refractivity contribution in [2.24, 2.45) is 0 Å². The van der Waals surface area contributed by atoms with E-state index in [2.05, 4.69) is 29.4 Å². The first-order valence-corrected chi connectivity index (χ1v) is 6.08. The summed E-state index contributed by atoms with van der Waals surface area (Å²) in [6, 6.07) is 4.27. The molecule has 2 heterocycles. The van der Waals surface area contributed by atoms with Gasteiger partial charge >= 0.3 is 0 Å². The van der Waals surface area contributed by atoms with Crippen LogP contribution in [0.2, 0.25) is 0 Å². The third-order valence-electron chi connectivity index (χ3n) is 2.57. The van der Waals surface area contributed by atoms with Gasteiger partial charge in [-0.3, -0.25) is 5.10 Å².